The van der Waals surface area contributed by atoms with Crippen molar-refractivity contribution in [3.8, 4) is 5.69 Å². The second kappa shape index (κ2) is 4.46. The van der Waals surface area contributed by atoms with Gasteiger partial charge in [0, 0.05) is 5.02 Å². The fraction of sp³-hybridized carbons (Fsp3) is 0. The van der Waals surface area contributed by atoms with Crippen molar-refractivity contribution in [2.24, 2.45) is 0 Å². The van der Waals surface area contributed by atoms with E-state index in [9.17, 15) is 4.79 Å². The summed E-state index contributed by atoms with van der Waals surface area (Å²) in [5.41, 5.74) is 1.63. The third kappa shape index (κ3) is 1.84. The van der Waals surface area contributed by atoms with Crippen LogP contribution in [0.1, 0.15) is 0 Å². The van der Waals surface area contributed by atoms with Gasteiger partial charge in [0.1, 0.15) is 11.0 Å². The minimum Gasteiger partial charge on any atom is -0.437 e. The summed E-state index contributed by atoms with van der Waals surface area (Å²) in [4.78, 5) is 12.5. The first-order valence-electron chi connectivity index (χ1n) is 6.39. The quantitative estimate of drug-likeness (QED) is 0.537. The molecule has 2 heterocycles. The highest BCUT2D eigenvalue weighted by molar-refractivity contribution is 6.31. The fourth-order valence-corrected chi connectivity index (χ4v) is 2.53. The van der Waals surface area contributed by atoms with Crippen LogP contribution in [0.5, 0.6) is 0 Å². The maximum atomic E-state index is 12.5. The number of hydrogen-bond donors (Lipinski definition) is 0. The molecule has 5 heteroatoms. The minimum absolute atomic E-state index is 0.129. The van der Waals surface area contributed by atoms with E-state index in [4.69, 9.17) is 16.0 Å². The van der Waals surface area contributed by atoms with Crippen LogP contribution in [0.25, 0.3) is 27.8 Å². The molecule has 0 N–H and O–H groups in total. The van der Waals surface area contributed by atoms with Gasteiger partial charge in [-0.2, -0.15) is 5.10 Å². The fourth-order valence-electron chi connectivity index (χ4n) is 2.36. The van der Waals surface area contributed by atoms with Gasteiger partial charge >= 0.3 is 0 Å². The second-order valence-corrected chi connectivity index (χ2v) is 5.12. The first kappa shape index (κ1) is 12.2. The van der Waals surface area contributed by atoms with E-state index in [1.54, 1.807) is 22.9 Å². The zero-order chi connectivity index (χ0) is 14.4. The molecule has 0 unspecified atom stereocenters. The first-order valence-corrected chi connectivity index (χ1v) is 6.77. The molecule has 2 aromatic heterocycles. The Morgan fingerprint density at radius 2 is 1.86 bits per heavy atom. The molecule has 0 saturated carbocycles. The van der Waals surface area contributed by atoms with E-state index in [0.29, 0.717) is 27.1 Å². The zero-order valence-electron chi connectivity index (χ0n) is 10.8. The van der Waals surface area contributed by atoms with Crippen molar-refractivity contribution in [2.75, 3.05) is 0 Å². The van der Waals surface area contributed by atoms with E-state index in [2.05, 4.69) is 5.10 Å². The van der Waals surface area contributed by atoms with Gasteiger partial charge in [-0.3, -0.25) is 4.79 Å². The number of halogens is 1. The monoisotopic (exact) mass is 296 g/mol. The predicted octanol–water partition coefficient (Wildman–Crippen LogP) is 3.79. The van der Waals surface area contributed by atoms with Gasteiger partial charge < -0.3 is 4.42 Å². The summed E-state index contributed by atoms with van der Waals surface area (Å²) in [6, 6.07) is 14.5. The number of rotatable bonds is 1. The summed E-state index contributed by atoms with van der Waals surface area (Å²) in [6.07, 6.45) is 1.52. The molecule has 0 spiro atoms. The van der Waals surface area contributed by atoms with Crippen molar-refractivity contribution in [2.45, 2.75) is 0 Å². The third-order valence-corrected chi connectivity index (χ3v) is 3.60. The second-order valence-electron chi connectivity index (χ2n) is 4.68. The van der Waals surface area contributed by atoms with E-state index in [1.807, 2.05) is 30.3 Å². The van der Waals surface area contributed by atoms with E-state index < -0.39 is 0 Å². The Kier molecular flexibility index (Phi) is 2.59. The molecule has 4 aromatic rings. The molecule has 102 valence electrons. The van der Waals surface area contributed by atoms with Gasteiger partial charge in [-0.25, -0.2) is 4.68 Å². The molecule has 0 aliphatic rings. The Labute approximate surface area is 124 Å². The molecule has 0 radical (unpaired) electrons. The average molecular weight is 297 g/mol. The number of nitrogens with zero attached hydrogens (tertiary/aromatic N) is 2. The summed E-state index contributed by atoms with van der Waals surface area (Å²) < 4.78 is 7.47. The number of para-hydroxylation sites is 1. The van der Waals surface area contributed by atoms with Crippen molar-refractivity contribution >= 4 is 33.7 Å². The largest absolute Gasteiger partial charge is 0.437 e. The number of fused-ring (bicyclic) bond motifs is 2. The van der Waals surface area contributed by atoms with Gasteiger partial charge in [-0.05, 0) is 30.3 Å². The van der Waals surface area contributed by atoms with Gasteiger partial charge in [-0.1, -0.05) is 29.8 Å². The predicted molar refractivity (Wildman–Crippen MR) is 82.1 cm³/mol. The molecule has 0 aliphatic carbocycles. The zero-order valence-corrected chi connectivity index (χ0v) is 11.5. The molecule has 0 amide bonds. The van der Waals surface area contributed by atoms with Crippen LogP contribution in [-0.4, -0.2) is 9.78 Å². The van der Waals surface area contributed by atoms with Crippen LogP contribution in [0.4, 0.5) is 0 Å². The van der Waals surface area contributed by atoms with Crippen LogP contribution in [0.2, 0.25) is 5.02 Å². The lowest BCUT2D eigenvalue weighted by molar-refractivity contribution is 0.622. The Morgan fingerprint density at radius 1 is 1.05 bits per heavy atom. The average Bonchev–Trinajstić information content (AvgIpc) is 2.93. The van der Waals surface area contributed by atoms with Crippen molar-refractivity contribution in [1.82, 2.24) is 9.78 Å². The van der Waals surface area contributed by atoms with E-state index >= 15 is 0 Å². The maximum absolute atomic E-state index is 12.5. The highest BCUT2D eigenvalue weighted by Crippen LogP contribution is 2.23. The molecule has 0 aliphatic heterocycles. The van der Waals surface area contributed by atoms with Gasteiger partial charge in [0.15, 0.2) is 0 Å². The van der Waals surface area contributed by atoms with E-state index in [1.165, 1.54) is 6.20 Å². The smallest absolute Gasteiger partial charge is 0.233 e. The summed E-state index contributed by atoms with van der Waals surface area (Å²) in [7, 11) is 0. The Balaban J connectivity index is 2.12. The van der Waals surface area contributed by atoms with Crippen LogP contribution in [0, 0.1) is 0 Å². The third-order valence-electron chi connectivity index (χ3n) is 3.36. The molecular weight excluding hydrogens is 288 g/mol. The van der Waals surface area contributed by atoms with Crippen molar-refractivity contribution in [1.29, 1.82) is 0 Å². The lowest BCUT2D eigenvalue weighted by atomic mass is 10.2. The summed E-state index contributed by atoms with van der Waals surface area (Å²) in [5.74, 6) is 0. The number of aromatic nitrogens is 2. The molecule has 0 fully saturated rings. The lowest BCUT2D eigenvalue weighted by Gasteiger charge is -2.03. The molecule has 0 saturated heterocycles. The highest BCUT2D eigenvalue weighted by atomic mass is 35.5. The van der Waals surface area contributed by atoms with Gasteiger partial charge in [0.2, 0.25) is 11.1 Å². The SMILES string of the molecule is O=c1c2cc(Cl)ccc2oc2c1cnn2-c1ccccc1. The lowest BCUT2D eigenvalue weighted by Crippen LogP contribution is -2.02. The van der Waals surface area contributed by atoms with Crippen LogP contribution in [0.3, 0.4) is 0 Å². The number of hydrogen-bond acceptors (Lipinski definition) is 3. The number of benzene rings is 2. The van der Waals surface area contributed by atoms with Crippen LogP contribution in [-0.2, 0) is 0 Å². The van der Waals surface area contributed by atoms with Gasteiger partial charge in [0.25, 0.3) is 0 Å². The molecule has 21 heavy (non-hydrogen) atoms. The van der Waals surface area contributed by atoms with Crippen LogP contribution >= 0.6 is 11.6 Å². The molecular formula is C16H9ClN2O2. The Hall–Kier alpha value is -2.59. The van der Waals surface area contributed by atoms with Crippen molar-refractivity contribution in [3.05, 3.63) is 70.0 Å². The molecule has 4 rings (SSSR count). The molecule has 0 atom stereocenters. The van der Waals surface area contributed by atoms with Crippen LogP contribution in [0.15, 0.2) is 63.9 Å². The summed E-state index contributed by atoms with van der Waals surface area (Å²) >= 11 is 5.94. The molecule has 0 bridgehead atoms. The van der Waals surface area contributed by atoms with Crippen molar-refractivity contribution < 1.29 is 4.42 Å². The Bertz CT molecular complexity index is 1020. The Morgan fingerprint density at radius 3 is 2.67 bits per heavy atom. The normalized spacial score (nSPS) is 11.3. The maximum Gasteiger partial charge on any atom is 0.233 e. The van der Waals surface area contributed by atoms with E-state index in [-0.39, 0.29) is 5.43 Å². The van der Waals surface area contributed by atoms with Gasteiger partial charge in [-0.15, -0.1) is 0 Å². The standard InChI is InChI=1S/C16H9ClN2O2/c17-10-6-7-14-12(8-10)15(20)13-9-18-19(16(13)21-14)11-4-2-1-3-5-11/h1-9H. The van der Waals surface area contributed by atoms with Crippen LogP contribution < -0.4 is 5.43 Å². The summed E-state index contributed by atoms with van der Waals surface area (Å²) in [5, 5.41) is 5.67. The first-order chi connectivity index (χ1) is 10.2. The molecule has 2 aromatic carbocycles. The highest BCUT2D eigenvalue weighted by Gasteiger charge is 2.13. The minimum atomic E-state index is -0.129. The van der Waals surface area contributed by atoms with Crippen molar-refractivity contribution in [3.63, 3.8) is 0 Å². The van der Waals surface area contributed by atoms with Gasteiger partial charge in [0.05, 0.1) is 17.3 Å². The summed E-state index contributed by atoms with van der Waals surface area (Å²) in [6.45, 7) is 0. The van der Waals surface area contributed by atoms with E-state index in [0.717, 1.165) is 5.69 Å². The topological polar surface area (TPSA) is 48.0 Å². The molecule has 4 nitrogen and oxygen atoms in total.